The van der Waals surface area contributed by atoms with Gasteiger partial charge < -0.3 is 5.32 Å². The summed E-state index contributed by atoms with van der Waals surface area (Å²) >= 11 is 0. The van der Waals surface area contributed by atoms with Crippen molar-refractivity contribution in [3.05, 3.63) is 30.1 Å². The molecule has 2 rings (SSSR count). The lowest BCUT2D eigenvalue weighted by Crippen LogP contribution is -2.34. The fourth-order valence-electron chi connectivity index (χ4n) is 1.85. The van der Waals surface area contributed by atoms with Crippen LogP contribution in [0, 0.1) is 5.92 Å². The van der Waals surface area contributed by atoms with Gasteiger partial charge in [-0.3, -0.25) is 4.98 Å². The van der Waals surface area contributed by atoms with Crippen molar-refractivity contribution in [1.29, 1.82) is 0 Å². The smallest absolute Gasteiger partial charge is 0.0270 e. The van der Waals surface area contributed by atoms with Crippen LogP contribution in [0.4, 0.5) is 0 Å². The Balaban J connectivity index is 1.82. The Bertz CT molecular complexity index is 293. The molecule has 0 aliphatic heterocycles. The van der Waals surface area contributed by atoms with Crippen molar-refractivity contribution < 1.29 is 0 Å². The topological polar surface area (TPSA) is 24.9 Å². The van der Waals surface area contributed by atoms with Gasteiger partial charge in [-0.1, -0.05) is 6.92 Å². The van der Waals surface area contributed by atoms with Crippen LogP contribution in [-0.2, 0) is 6.42 Å². The lowest BCUT2D eigenvalue weighted by atomic mass is 9.95. The molecule has 1 aliphatic carbocycles. The van der Waals surface area contributed by atoms with E-state index in [-0.39, 0.29) is 0 Å². The monoisotopic (exact) mass is 204 g/mol. The molecule has 2 heteroatoms. The van der Waals surface area contributed by atoms with E-state index in [2.05, 4.69) is 36.3 Å². The van der Waals surface area contributed by atoms with Gasteiger partial charge in [-0.05, 0) is 49.8 Å². The molecule has 15 heavy (non-hydrogen) atoms. The number of nitrogens with zero attached hydrogens (tertiary/aromatic N) is 1. The highest BCUT2D eigenvalue weighted by Gasteiger charge is 2.24. The highest BCUT2D eigenvalue weighted by Crippen LogP contribution is 2.21. The summed E-state index contributed by atoms with van der Waals surface area (Å²) in [5.74, 6) is 0.688. The maximum absolute atomic E-state index is 4.04. The molecule has 0 spiro atoms. The largest absolute Gasteiger partial charge is 0.311 e. The molecule has 1 heterocycles. The molecule has 0 radical (unpaired) electrons. The zero-order chi connectivity index (χ0) is 10.7. The molecule has 0 bridgehead atoms. The zero-order valence-electron chi connectivity index (χ0n) is 9.61. The van der Waals surface area contributed by atoms with Gasteiger partial charge in [0.15, 0.2) is 0 Å². The van der Waals surface area contributed by atoms with Gasteiger partial charge >= 0.3 is 0 Å². The summed E-state index contributed by atoms with van der Waals surface area (Å²) in [7, 11) is 0. The number of hydrogen-bond donors (Lipinski definition) is 1. The summed E-state index contributed by atoms with van der Waals surface area (Å²) in [5.41, 5.74) is 1.39. The minimum atomic E-state index is 0.616. The minimum Gasteiger partial charge on any atom is -0.311 e. The van der Waals surface area contributed by atoms with Gasteiger partial charge in [0.05, 0.1) is 0 Å². The van der Waals surface area contributed by atoms with Crippen LogP contribution in [-0.4, -0.2) is 17.1 Å². The molecule has 1 aromatic rings. The van der Waals surface area contributed by atoms with E-state index in [0.717, 1.165) is 12.5 Å². The normalized spacial score (nSPS) is 19.9. The van der Waals surface area contributed by atoms with Crippen LogP contribution >= 0.6 is 0 Å². The third-order valence-electron chi connectivity index (χ3n) is 3.24. The predicted octanol–water partition coefficient (Wildman–Crippen LogP) is 2.40. The predicted molar refractivity (Wildman–Crippen MR) is 62.7 cm³/mol. The molecule has 2 nitrogen and oxygen atoms in total. The second-order valence-corrected chi connectivity index (χ2v) is 4.77. The summed E-state index contributed by atoms with van der Waals surface area (Å²) in [6, 6.07) is 5.64. The number of aromatic nitrogens is 1. The fourth-order valence-corrected chi connectivity index (χ4v) is 1.85. The Labute approximate surface area is 92.1 Å². The van der Waals surface area contributed by atoms with Gasteiger partial charge in [0.2, 0.25) is 0 Å². The van der Waals surface area contributed by atoms with E-state index < -0.39 is 0 Å². The van der Waals surface area contributed by atoms with E-state index in [4.69, 9.17) is 0 Å². The molecule has 1 aliphatic rings. The SMILES string of the molecule is CC(Cc1ccncc1)C(C)NC1CC1. The Morgan fingerprint density at radius 1 is 1.33 bits per heavy atom. The van der Waals surface area contributed by atoms with Crippen LogP contribution in [0.1, 0.15) is 32.3 Å². The summed E-state index contributed by atoms with van der Waals surface area (Å²) < 4.78 is 0. The van der Waals surface area contributed by atoms with E-state index in [9.17, 15) is 0 Å². The van der Waals surface area contributed by atoms with Crippen molar-refractivity contribution in [2.45, 2.75) is 45.2 Å². The van der Waals surface area contributed by atoms with Crippen molar-refractivity contribution in [3.8, 4) is 0 Å². The summed E-state index contributed by atoms with van der Waals surface area (Å²) in [4.78, 5) is 4.04. The van der Waals surface area contributed by atoms with Crippen molar-refractivity contribution in [3.63, 3.8) is 0 Å². The first-order chi connectivity index (χ1) is 7.25. The second kappa shape index (κ2) is 4.75. The van der Waals surface area contributed by atoms with Crippen molar-refractivity contribution in [2.75, 3.05) is 0 Å². The van der Waals surface area contributed by atoms with E-state index in [0.29, 0.717) is 12.0 Å². The molecule has 1 N–H and O–H groups in total. The van der Waals surface area contributed by atoms with Gasteiger partial charge in [-0.25, -0.2) is 0 Å². The van der Waals surface area contributed by atoms with Crippen molar-refractivity contribution in [2.24, 2.45) is 5.92 Å². The number of hydrogen-bond acceptors (Lipinski definition) is 2. The van der Waals surface area contributed by atoms with E-state index in [1.165, 1.54) is 18.4 Å². The molecule has 0 amide bonds. The van der Waals surface area contributed by atoms with Crippen LogP contribution in [0.25, 0.3) is 0 Å². The standard InChI is InChI=1S/C13H20N2/c1-10(11(2)15-13-3-4-13)9-12-5-7-14-8-6-12/h5-8,10-11,13,15H,3-4,9H2,1-2H3. The Morgan fingerprint density at radius 2 is 2.00 bits per heavy atom. The highest BCUT2D eigenvalue weighted by molar-refractivity contribution is 5.10. The third kappa shape index (κ3) is 3.31. The molecular formula is C13H20N2. The number of pyridine rings is 1. The average Bonchev–Trinajstić information content (AvgIpc) is 3.03. The van der Waals surface area contributed by atoms with E-state index in [1.807, 2.05) is 12.4 Å². The first kappa shape index (κ1) is 10.6. The van der Waals surface area contributed by atoms with Gasteiger partial charge in [0.25, 0.3) is 0 Å². The zero-order valence-corrected chi connectivity index (χ0v) is 9.61. The van der Waals surface area contributed by atoms with Crippen LogP contribution < -0.4 is 5.32 Å². The fraction of sp³-hybridized carbons (Fsp3) is 0.615. The van der Waals surface area contributed by atoms with E-state index >= 15 is 0 Å². The Morgan fingerprint density at radius 3 is 2.60 bits per heavy atom. The van der Waals surface area contributed by atoms with Gasteiger partial charge in [0, 0.05) is 24.5 Å². The lowest BCUT2D eigenvalue weighted by Gasteiger charge is -2.21. The van der Waals surface area contributed by atoms with Crippen LogP contribution in [0.2, 0.25) is 0 Å². The molecule has 2 atom stereocenters. The molecular weight excluding hydrogens is 184 g/mol. The summed E-state index contributed by atoms with van der Waals surface area (Å²) in [5, 5.41) is 3.66. The first-order valence-corrected chi connectivity index (χ1v) is 5.90. The third-order valence-corrected chi connectivity index (χ3v) is 3.24. The molecule has 1 saturated carbocycles. The summed E-state index contributed by atoms with van der Waals surface area (Å²) in [6.45, 7) is 4.62. The van der Waals surface area contributed by atoms with Gasteiger partial charge in [0.1, 0.15) is 0 Å². The Kier molecular flexibility index (Phi) is 3.37. The van der Waals surface area contributed by atoms with E-state index in [1.54, 1.807) is 0 Å². The quantitative estimate of drug-likeness (QED) is 0.796. The molecule has 1 fully saturated rings. The first-order valence-electron chi connectivity index (χ1n) is 5.90. The molecule has 0 aromatic carbocycles. The molecule has 0 saturated heterocycles. The molecule has 2 unspecified atom stereocenters. The van der Waals surface area contributed by atoms with Gasteiger partial charge in [-0.15, -0.1) is 0 Å². The number of nitrogens with one attached hydrogen (secondary N) is 1. The maximum Gasteiger partial charge on any atom is 0.0270 e. The average molecular weight is 204 g/mol. The van der Waals surface area contributed by atoms with Crippen LogP contribution in [0.3, 0.4) is 0 Å². The van der Waals surface area contributed by atoms with Crippen molar-refractivity contribution in [1.82, 2.24) is 10.3 Å². The minimum absolute atomic E-state index is 0.616. The van der Waals surface area contributed by atoms with Crippen molar-refractivity contribution >= 4 is 0 Å². The lowest BCUT2D eigenvalue weighted by molar-refractivity contribution is 0.396. The highest BCUT2D eigenvalue weighted by atomic mass is 15.0. The molecule has 1 aromatic heterocycles. The number of rotatable bonds is 5. The van der Waals surface area contributed by atoms with Crippen LogP contribution in [0.5, 0.6) is 0 Å². The Hall–Kier alpha value is -0.890. The van der Waals surface area contributed by atoms with Crippen LogP contribution in [0.15, 0.2) is 24.5 Å². The molecule has 82 valence electrons. The second-order valence-electron chi connectivity index (χ2n) is 4.77. The maximum atomic E-state index is 4.04. The van der Waals surface area contributed by atoms with Gasteiger partial charge in [-0.2, -0.15) is 0 Å². The summed E-state index contributed by atoms with van der Waals surface area (Å²) in [6.07, 6.45) is 7.63.